The van der Waals surface area contributed by atoms with Crippen LogP contribution in [-0.2, 0) is 16.1 Å². The van der Waals surface area contributed by atoms with E-state index in [1.54, 1.807) is 24.1 Å². The first-order chi connectivity index (χ1) is 9.65. The molecule has 1 amide bonds. The predicted octanol–water partition coefficient (Wildman–Crippen LogP) is 2.27. The van der Waals surface area contributed by atoms with Gasteiger partial charge >= 0.3 is 5.97 Å². The SMILES string of the molecule is O=C(CSC1CCC(C(=O)O)CC1)NCc1ccco1. The van der Waals surface area contributed by atoms with Crippen LogP contribution in [0.25, 0.3) is 0 Å². The number of hydrogen-bond acceptors (Lipinski definition) is 4. The molecule has 1 aromatic heterocycles. The van der Waals surface area contributed by atoms with E-state index in [4.69, 9.17) is 9.52 Å². The third-order valence-corrected chi connectivity index (χ3v) is 4.89. The summed E-state index contributed by atoms with van der Waals surface area (Å²) in [5.41, 5.74) is 0. The van der Waals surface area contributed by atoms with Crippen molar-refractivity contribution in [3.63, 3.8) is 0 Å². The third-order valence-electron chi connectivity index (χ3n) is 3.51. The summed E-state index contributed by atoms with van der Waals surface area (Å²) in [7, 11) is 0. The van der Waals surface area contributed by atoms with Crippen molar-refractivity contribution < 1.29 is 19.1 Å². The van der Waals surface area contributed by atoms with Gasteiger partial charge in [0.25, 0.3) is 0 Å². The van der Waals surface area contributed by atoms with Gasteiger partial charge in [0.1, 0.15) is 5.76 Å². The van der Waals surface area contributed by atoms with Crippen LogP contribution in [-0.4, -0.2) is 28.0 Å². The number of carbonyl (C=O) groups is 2. The third kappa shape index (κ3) is 4.59. The molecule has 0 unspecified atom stereocenters. The van der Waals surface area contributed by atoms with Crippen LogP contribution in [0.5, 0.6) is 0 Å². The number of nitrogens with one attached hydrogen (secondary N) is 1. The highest BCUT2D eigenvalue weighted by molar-refractivity contribution is 8.00. The summed E-state index contributed by atoms with van der Waals surface area (Å²) in [6.07, 6.45) is 4.79. The smallest absolute Gasteiger partial charge is 0.306 e. The zero-order valence-corrected chi connectivity index (χ0v) is 12.0. The maximum Gasteiger partial charge on any atom is 0.306 e. The zero-order chi connectivity index (χ0) is 14.4. The van der Waals surface area contributed by atoms with Gasteiger partial charge in [-0.15, -0.1) is 11.8 Å². The Morgan fingerprint density at radius 1 is 1.35 bits per heavy atom. The molecule has 0 aliphatic heterocycles. The predicted molar refractivity (Wildman–Crippen MR) is 76.4 cm³/mol. The van der Waals surface area contributed by atoms with Crippen LogP contribution in [0, 0.1) is 5.92 Å². The second-order valence-electron chi connectivity index (χ2n) is 4.98. The monoisotopic (exact) mass is 297 g/mol. The summed E-state index contributed by atoms with van der Waals surface area (Å²) < 4.78 is 5.14. The van der Waals surface area contributed by atoms with Crippen LogP contribution in [0.1, 0.15) is 31.4 Å². The van der Waals surface area contributed by atoms with Gasteiger partial charge in [-0.1, -0.05) is 0 Å². The van der Waals surface area contributed by atoms with E-state index in [0.29, 0.717) is 17.5 Å². The van der Waals surface area contributed by atoms with Gasteiger partial charge in [0.05, 0.1) is 24.5 Å². The van der Waals surface area contributed by atoms with Crippen LogP contribution >= 0.6 is 11.8 Å². The lowest BCUT2D eigenvalue weighted by molar-refractivity contribution is -0.142. The molecule has 0 spiro atoms. The molecule has 0 aromatic carbocycles. The molecule has 2 rings (SSSR count). The Balaban J connectivity index is 1.61. The zero-order valence-electron chi connectivity index (χ0n) is 11.2. The Labute approximate surface area is 122 Å². The van der Waals surface area contributed by atoms with Crippen molar-refractivity contribution in [1.82, 2.24) is 5.32 Å². The van der Waals surface area contributed by atoms with E-state index in [2.05, 4.69) is 5.32 Å². The molecule has 6 heteroatoms. The highest BCUT2D eigenvalue weighted by atomic mass is 32.2. The highest BCUT2D eigenvalue weighted by Gasteiger charge is 2.26. The fourth-order valence-corrected chi connectivity index (χ4v) is 3.41. The van der Waals surface area contributed by atoms with Crippen molar-refractivity contribution >= 4 is 23.6 Å². The summed E-state index contributed by atoms with van der Waals surface area (Å²) in [6.45, 7) is 0.415. The van der Waals surface area contributed by atoms with Gasteiger partial charge in [-0.25, -0.2) is 0 Å². The number of carboxylic acids is 1. The molecule has 2 N–H and O–H groups in total. The summed E-state index contributed by atoms with van der Waals surface area (Å²) >= 11 is 1.62. The lowest BCUT2D eigenvalue weighted by Crippen LogP contribution is -2.27. The molecule has 5 nitrogen and oxygen atoms in total. The van der Waals surface area contributed by atoms with E-state index >= 15 is 0 Å². The number of hydrogen-bond donors (Lipinski definition) is 2. The minimum Gasteiger partial charge on any atom is -0.481 e. The summed E-state index contributed by atoms with van der Waals surface area (Å²) in [5, 5.41) is 12.1. The Morgan fingerprint density at radius 3 is 2.70 bits per heavy atom. The van der Waals surface area contributed by atoms with Gasteiger partial charge in [0.2, 0.25) is 5.91 Å². The largest absolute Gasteiger partial charge is 0.481 e. The molecule has 1 saturated carbocycles. The maximum atomic E-state index is 11.7. The van der Waals surface area contributed by atoms with Crippen LogP contribution in [0.3, 0.4) is 0 Å². The number of carbonyl (C=O) groups excluding carboxylic acids is 1. The standard InChI is InChI=1S/C14H19NO4S/c16-13(15-8-11-2-1-7-19-11)9-20-12-5-3-10(4-6-12)14(17)18/h1-2,7,10,12H,3-6,8-9H2,(H,15,16)(H,17,18). The van der Waals surface area contributed by atoms with Crippen LogP contribution < -0.4 is 5.32 Å². The number of thioether (sulfide) groups is 1. The molecular formula is C14H19NO4S. The van der Waals surface area contributed by atoms with Gasteiger partial charge in [-0.2, -0.15) is 0 Å². The summed E-state index contributed by atoms with van der Waals surface area (Å²) in [4.78, 5) is 22.5. The molecule has 1 heterocycles. The Hall–Kier alpha value is -1.43. The van der Waals surface area contributed by atoms with Gasteiger partial charge in [-0.3, -0.25) is 9.59 Å². The highest BCUT2D eigenvalue weighted by Crippen LogP contribution is 2.31. The average molecular weight is 297 g/mol. The van der Waals surface area contributed by atoms with E-state index in [-0.39, 0.29) is 11.8 Å². The molecule has 1 aliphatic carbocycles. The molecule has 0 atom stereocenters. The number of rotatable bonds is 6. The minimum absolute atomic E-state index is 0.00763. The van der Waals surface area contributed by atoms with E-state index < -0.39 is 5.97 Å². The van der Waals surface area contributed by atoms with Gasteiger partial charge in [0, 0.05) is 5.25 Å². The molecule has 0 radical (unpaired) electrons. The second-order valence-corrected chi connectivity index (χ2v) is 6.27. The molecule has 0 bridgehead atoms. The molecule has 0 saturated heterocycles. The van der Waals surface area contributed by atoms with E-state index in [9.17, 15) is 9.59 Å². The minimum atomic E-state index is -0.690. The number of amides is 1. The van der Waals surface area contributed by atoms with Crippen molar-refractivity contribution in [2.24, 2.45) is 5.92 Å². The summed E-state index contributed by atoms with van der Waals surface area (Å²) in [6, 6.07) is 3.61. The number of aliphatic carboxylic acids is 1. The molecule has 1 fully saturated rings. The lowest BCUT2D eigenvalue weighted by Gasteiger charge is -2.25. The fourth-order valence-electron chi connectivity index (χ4n) is 2.32. The van der Waals surface area contributed by atoms with E-state index in [1.807, 2.05) is 6.07 Å². The Kier molecular flexibility index (Phi) is 5.52. The topological polar surface area (TPSA) is 79.5 Å². The molecule has 110 valence electrons. The van der Waals surface area contributed by atoms with Gasteiger partial charge < -0.3 is 14.8 Å². The number of furan rings is 1. The molecule has 1 aromatic rings. The van der Waals surface area contributed by atoms with Crippen LogP contribution in [0.2, 0.25) is 0 Å². The average Bonchev–Trinajstić information content (AvgIpc) is 2.96. The summed E-state index contributed by atoms with van der Waals surface area (Å²) in [5.74, 6) is 0.268. The van der Waals surface area contributed by atoms with Crippen molar-refractivity contribution in [2.45, 2.75) is 37.5 Å². The first-order valence-corrected chi connectivity index (χ1v) is 7.83. The first-order valence-electron chi connectivity index (χ1n) is 6.78. The van der Waals surface area contributed by atoms with Crippen LogP contribution in [0.4, 0.5) is 0 Å². The van der Waals surface area contributed by atoms with Crippen LogP contribution in [0.15, 0.2) is 22.8 Å². The van der Waals surface area contributed by atoms with Crippen molar-refractivity contribution in [2.75, 3.05) is 5.75 Å². The molecule has 20 heavy (non-hydrogen) atoms. The molecule has 1 aliphatic rings. The Bertz CT molecular complexity index is 438. The molecular weight excluding hydrogens is 278 g/mol. The van der Waals surface area contributed by atoms with Gasteiger partial charge in [0.15, 0.2) is 0 Å². The first kappa shape index (κ1) is 15.0. The quantitative estimate of drug-likeness (QED) is 0.842. The Morgan fingerprint density at radius 2 is 2.10 bits per heavy atom. The number of carboxylic acid groups (broad SMARTS) is 1. The van der Waals surface area contributed by atoms with Gasteiger partial charge in [-0.05, 0) is 37.8 Å². The van der Waals surface area contributed by atoms with E-state index in [1.165, 1.54) is 0 Å². The normalized spacial score (nSPS) is 22.4. The van der Waals surface area contributed by atoms with E-state index in [0.717, 1.165) is 31.4 Å². The van der Waals surface area contributed by atoms with Crippen molar-refractivity contribution in [3.8, 4) is 0 Å². The van der Waals surface area contributed by atoms with Crippen molar-refractivity contribution in [1.29, 1.82) is 0 Å². The second kappa shape index (κ2) is 7.38. The van der Waals surface area contributed by atoms with Crippen molar-refractivity contribution in [3.05, 3.63) is 24.2 Å². The fraction of sp³-hybridized carbons (Fsp3) is 0.571. The lowest BCUT2D eigenvalue weighted by atomic mass is 9.89. The maximum absolute atomic E-state index is 11.7.